The number of aliphatic hydroxyl groups excluding tert-OH is 2. The zero-order valence-corrected chi connectivity index (χ0v) is 18.1. The number of allylic oxidation sites excluding steroid dienone is 4. The summed E-state index contributed by atoms with van der Waals surface area (Å²) in [7, 11) is 0. The van der Waals surface area contributed by atoms with Crippen LogP contribution in [0.15, 0.2) is 22.2 Å². The molecule has 9 heteroatoms. The second kappa shape index (κ2) is 6.37. The Labute approximate surface area is 180 Å². The van der Waals surface area contributed by atoms with E-state index in [9.17, 15) is 29.7 Å². The fourth-order valence-electron chi connectivity index (χ4n) is 6.63. The molecule has 6 nitrogen and oxygen atoms in total. The van der Waals surface area contributed by atoms with Crippen LogP contribution < -0.4 is 0 Å². The van der Waals surface area contributed by atoms with E-state index in [1.54, 1.807) is 0 Å². The number of ketones is 3. The predicted molar refractivity (Wildman–Crippen MR) is 104 cm³/mol. The van der Waals surface area contributed by atoms with E-state index in [0.717, 1.165) is 6.08 Å². The molecule has 4 aliphatic carbocycles. The fraction of sp³-hybridized carbons (Fsp3) is 0.667. The van der Waals surface area contributed by atoms with Gasteiger partial charge in [0.15, 0.2) is 28.6 Å². The molecule has 0 aliphatic heterocycles. The number of hydrogen-bond donors (Lipinski definition) is 3. The van der Waals surface area contributed by atoms with Crippen molar-refractivity contribution in [1.29, 1.82) is 0 Å². The van der Waals surface area contributed by atoms with Crippen molar-refractivity contribution < 1.29 is 38.5 Å². The van der Waals surface area contributed by atoms with Crippen LogP contribution in [0.1, 0.15) is 33.1 Å². The first-order valence-electron chi connectivity index (χ1n) is 9.84. The Morgan fingerprint density at radius 1 is 1.27 bits per heavy atom. The average molecular weight is 489 g/mol. The molecule has 4 aliphatic rings. The molecule has 0 aromatic heterocycles. The molecule has 0 aromatic carbocycles. The lowest BCUT2D eigenvalue weighted by atomic mass is 9.45. The third-order valence-electron chi connectivity index (χ3n) is 8.24. The van der Waals surface area contributed by atoms with Crippen molar-refractivity contribution in [3.8, 4) is 0 Å². The van der Waals surface area contributed by atoms with Gasteiger partial charge in [-0.25, -0.2) is 8.78 Å². The largest absolute Gasteiger partial charge is 0.390 e. The highest BCUT2D eigenvalue weighted by Crippen LogP contribution is 2.69. The lowest BCUT2D eigenvalue weighted by Gasteiger charge is -2.60. The number of rotatable bonds is 2. The Bertz CT molecular complexity index is 932. The summed E-state index contributed by atoms with van der Waals surface area (Å²) in [5, 5.41) is 31.0. The second-order valence-electron chi connectivity index (χ2n) is 9.40. The minimum absolute atomic E-state index is 0.0261. The van der Waals surface area contributed by atoms with E-state index in [0.29, 0.717) is 0 Å². The average Bonchev–Trinajstić information content (AvgIpc) is 2.87. The molecule has 4 rings (SSSR count). The Morgan fingerprint density at radius 2 is 1.90 bits per heavy atom. The first-order valence-corrected chi connectivity index (χ1v) is 10.6. The molecule has 0 saturated heterocycles. The lowest BCUT2D eigenvalue weighted by molar-refractivity contribution is -0.193. The molecule has 0 amide bonds. The summed E-state index contributed by atoms with van der Waals surface area (Å²) in [5.74, 6) is -4.61. The van der Waals surface area contributed by atoms with E-state index >= 15 is 8.78 Å². The van der Waals surface area contributed by atoms with Crippen LogP contribution in [0.3, 0.4) is 0 Å². The summed E-state index contributed by atoms with van der Waals surface area (Å²) in [6.45, 7) is 1.74. The van der Waals surface area contributed by atoms with Crippen molar-refractivity contribution in [3.05, 3.63) is 22.2 Å². The van der Waals surface area contributed by atoms with Gasteiger partial charge in [-0.15, -0.1) is 0 Å². The van der Waals surface area contributed by atoms with Gasteiger partial charge >= 0.3 is 0 Å². The molecule has 0 radical (unpaired) electrons. The van der Waals surface area contributed by atoms with E-state index in [2.05, 4.69) is 15.9 Å². The number of fused-ring (bicyclic) bond motifs is 5. The van der Waals surface area contributed by atoms with Gasteiger partial charge in [0, 0.05) is 17.8 Å². The van der Waals surface area contributed by atoms with Gasteiger partial charge in [0.2, 0.25) is 0 Å². The molecule has 8 atom stereocenters. The van der Waals surface area contributed by atoms with Crippen molar-refractivity contribution >= 4 is 33.3 Å². The Balaban J connectivity index is 1.90. The quantitative estimate of drug-likeness (QED) is 0.542. The smallest absolute Gasteiger partial charge is 0.192 e. The minimum Gasteiger partial charge on any atom is -0.390 e. The first kappa shape index (κ1) is 21.9. The van der Waals surface area contributed by atoms with Gasteiger partial charge in [-0.05, 0) is 53.3 Å². The zero-order valence-electron chi connectivity index (χ0n) is 16.5. The van der Waals surface area contributed by atoms with Crippen molar-refractivity contribution in [3.63, 3.8) is 0 Å². The summed E-state index contributed by atoms with van der Waals surface area (Å²) < 4.78 is 32.1. The SMILES string of the molecule is C[C@]12C=C(Br)C(=O)C=C1C(F)C[C@H]1[C@@H]3CC(O)[C@](O)(C(=O)CO)[C@@]3(C)CC(=O)[C@@]12F. The zero-order chi connectivity index (χ0) is 22.4. The second-order valence-corrected chi connectivity index (χ2v) is 10.3. The van der Waals surface area contributed by atoms with Gasteiger partial charge in [-0.1, -0.05) is 13.0 Å². The molecule has 2 unspecified atom stereocenters. The van der Waals surface area contributed by atoms with Crippen LogP contribution in [0.25, 0.3) is 0 Å². The van der Waals surface area contributed by atoms with Crippen LogP contribution in [0.4, 0.5) is 8.78 Å². The monoisotopic (exact) mass is 488 g/mol. The van der Waals surface area contributed by atoms with E-state index in [1.165, 1.54) is 19.9 Å². The standard InChI is InChI=1S/C21H23BrF2O6/c1-18-6-12(22)14(26)4-11(18)13(23)3-10-9-5-15(27)21(30,17(29)8-25)19(9,2)7-16(28)20(10,18)24/h4,6,9-10,13,15,25,27,30H,3,5,7-8H2,1-2H3/t9-,10-,13?,15?,18-,19-,20-,21-/m0/s1. The summed E-state index contributed by atoms with van der Waals surface area (Å²) in [6.07, 6.45) is -2.27. The maximum Gasteiger partial charge on any atom is 0.192 e. The highest BCUT2D eigenvalue weighted by molar-refractivity contribution is 9.12. The van der Waals surface area contributed by atoms with E-state index in [1.807, 2.05) is 0 Å². The van der Waals surface area contributed by atoms with E-state index in [-0.39, 0.29) is 16.5 Å². The molecule has 0 heterocycles. The van der Waals surface area contributed by atoms with Crippen LogP contribution in [0, 0.1) is 22.7 Å². The molecule has 0 aromatic rings. The van der Waals surface area contributed by atoms with Crippen LogP contribution in [0.5, 0.6) is 0 Å². The minimum atomic E-state index is -2.58. The van der Waals surface area contributed by atoms with E-state index < -0.39 is 83.0 Å². The van der Waals surface area contributed by atoms with Gasteiger partial charge in [-0.3, -0.25) is 14.4 Å². The molecule has 0 spiro atoms. The van der Waals surface area contributed by atoms with Crippen molar-refractivity contribution in [1.82, 2.24) is 0 Å². The lowest BCUT2D eigenvalue weighted by Crippen LogP contribution is -2.69. The fourth-order valence-corrected chi connectivity index (χ4v) is 7.20. The molecular weight excluding hydrogens is 466 g/mol. The van der Waals surface area contributed by atoms with Gasteiger partial charge in [0.05, 0.1) is 16.0 Å². The van der Waals surface area contributed by atoms with Crippen molar-refractivity contribution in [2.24, 2.45) is 22.7 Å². The molecular formula is C21H23BrF2O6. The topological polar surface area (TPSA) is 112 Å². The highest BCUT2D eigenvalue weighted by atomic mass is 79.9. The summed E-state index contributed by atoms with van der Waals surface area (Å²) in [5.41, 5.74) is -8.42. The maximum absolute atomic E-state index is 16.8. The molecule has 3 saturated carbocycles. The van der Waals surface area contributed by atoms with Crippen LogP contribution in [0.2, 0.25) is 0 Å². The molecule has 3 N–H and O–H groups in total. The Hall–Kier alpha value is -1.29. The Morgan fingerprint density at radius 3 is 2.50 bits per heavy atom. The number of aliphatic hydroxyl groups is 3. The third-order valence-corrected chi connectivity index (χ3v) is 8.86. The van der Waals surface area contributed by atoms with Crippen LogP contribution in [-0.4, -0.2) is 62.8 Å². The molecule has 0 bridgehead atoms. The normalized spacial score (nSPS) is 50.3. The highest BCUT2D eigenvalue weighted by Gasteiger charge is 2.77. The summed E-state index contributed by atoms with van der Waals surface area (Å²) >= 11 is 3.07. The van der Waals surface area contributed by atoms with E-state index in [4.69, 9.17) is 0 Å². The predicted octanol–water partition coefficient (Wildman–Crippen LogP) is 1.50. The maximum atomic E-state index is 16.8. The molecule has 3 fully saturated rings. The van der Waals surface area contributed by atoms with Gasteiger partial charge < -0.3 is 15.3 Å². The number of carbonyl (C=O) groups is 3. The van der Waals surface area contributed by atoms with Crippen LogP contribution in [-0.2, 0) is 14.4 Å². The number of halogens is 3. The molecule has 30 heavy (non-hydrogen) atoms. The number of carbonyl (C=O) groups excluding carboxylic acids is 3. The van der Waals surface area contributed by atoms with Gasteiger partial charge in [0.1, 0.15) is 12.8 Å². The van der Waals surface area contributed by atoms with Gasteiger partial charge in [0.25, 0.3) is 0 Å². The summed E-state index contributed by atoms with van der Waals surface area (Å²) in [4.78, 5) is 37.8. The first-order chi connectivity index (χ1) is 13.8. The van der Waals surface area contributed by atoms with Gasteiger partial charge in [-0.2, -0.15) is 0 Å². The number of Topliss-reactive ketones (excluding diaryl/α,β-unsaturated/α-hetero) is 2. The number of alkyl halides is 2. The summed E-state index contributed by atoms with van der Waals surface area (Å²) in [6, 6.07) is 0. The van der Waals surface area contributed by atoms with Crippen LogP contribution >= 0.6 is 15.9 Å². The Kier molecular flexibility index (Phi) is 4.65. The van der Waals surface area contributed by atoms with Crippen molar-refractivity contribution in [2.75, 3.05) is 6.61 Å². The number of hydrogen-bond acceptors (Lipinski definition) is 6. The molecule has 164 valence electrons. The third kappa shape index (κ3) is 2.24. The van der Waals surface area contributed by atoms with Crippen molar-refractivity contribution in [2.45, 2.75) is 56.7 Å².